The summed E-state index contributed by atoms with van der Waals surface area (Å²) in [5, 5.41) is 0. The summed E-state index contributed by atoms with van der Waals surface area (Å²) >= 11 is 0. The lowest BCUT2D eigenvalue weighted by molar-refractivity contribution is -0.0124. The van der Waals surface area contributed by atoms with Crippen LogP contribution in [0.4, 0.5) is 0 Å². The van der Waals surface area contributed by atoms with Crippen LogP contribution in [0.2, 0.25) is 0 Å². The van der Waals surface area contributed by atoms with Crippen LogP contribution in [0.1, 0.15) is 22.8 Å². The maximum atomic E-state index is 12.6. The molecule has 1 saturated heterocycles. The van der Waals surface area contributed by atoms with E-state index in [-0.39, 0.29) is 12.0 Å². The van der Waals surface area contributed by atoms with Crippen molar-refractivity contribution in [2.24, 2.45) is 0 Å². The van der Waals surface area contributed by atoms with Crippen molar-refractivity contribution >= 4 is 5.91 Å². The average Bonchev–Trinajstić information content (AvgIpc) is 2.46. The SMILES string of the molecule is COc1cc(C(=O)N2CCO[C@H](C)C2)cc(OC)c1C. The van der Waals surface area contributed by atoms with Gasteiger partial charge in [-0.25, -0.2) is 0 Å². The Kier molecular flexibility index (Phi) is 4.49. The molecule has 0 aliphatic carbocycles. The van der Waals surface area contributed by atoms with Crippen LogP contribution in [0.3, 0.4) is 0 Å². The number of carbonyl (C=O) groups is 1. The molecule has 0 bridgehead atoms. The van der Waals surface area contributed by atoms with E-state index in [1.165, 1.54) is 0 Å². The van der Waals surface area contributed by atoms with Crippen LogP contribution in [-0.4, -0.2) is 50.8 Å². The van der Waals surface area contributed by atoms with E-state index in [1.54, 1.807) is 31.3 Å². The number of nitrogens with zero attached hydrogens (tertiary/aromatic N) is 1. The molecule has 1 aromatic carbocycles. The van der Waals surface area contributed by atoms with Crippen molar-refractivity contribution in [2.75, 3.05) is 33.9 Å². The van der Waals surface area contributed by atoms with E-state index in [9.17, 15) is 4.79 Å². The van der Waals surface area contributed by atoms with Crippen molar-refractivity contribution in [1.82, 2.24) is 4.90 Å². The first-order chi connectivity index (χ1) is 9.56. The Morgan fingerprint density at radius 3 is 2.40 bits per heavy atom. The first-order valence-electron chi connectivity index (χ1n) is 6.70. The molecule has 1 amide bonds. The lowest BCUT2D eigenvalue weighted by Gasteiger charge is -2.31. The van der Waals surface area contributed by atoms with Crippen LogP contribution in [0.5, 0.6) is 11.5 Å². The Balaban J connectivity index is 2.29. The monoisotopic (exact) mass is 279 g/mol. The Morgan fingerprint density at radius 1 is 1.30 bits per heavy atom. The number of benzene rings is 1. The molecule has 1 aromatic rings. The van der Waals surface area contributed by atoms with Gasteiger partial charge in [0.2, 0.25) is 0 Å². The summed E-state index contributed by atoms with van der Waals surface area (Å²) in [4.78, 5) is 14.4. The van der Waals surface area contributed by atoms with Gasteiger partial charge in [0, 0.05) is 24.2 Å². The molecule has 0 N–H and O–H groups in total. The summed E-state index contributed by atoms with van der Waals surface area (Å²) < 4.78 is 16.1. The number of morpholine rings is 1. The van der Waals surface area contributed by atoms with E-state index in [4.69, 9.17) is 14.2 Å². The molecule has 0 spiro atoms. The Bertz CT molecular complexity index is 476. The quantitative estimate of drug-likeness (QED) is 0.847. The summed E-state index contributed by atoms with van der Waals surface area (Å²) in [5.41, 5.74) is 1.47. The normalized spacial score (nSPS) is 18.8. The molecule has 0 radical (unpaired) electrons. The van der Waals surface area contributed by atoms with Gasteiger partial charge in [-0.05, 0) is 26.0 Å². The third-order valence-corrected chi connectivity index (χ3v) is 3.53. The minimum atomic E-state index is -0.0169. The van der Waals surface area contributed by atoms with Crippen LogP contribution < -0.4 is 9.47 Å². The van der Waals surface area contributed by atoms with E-state index < -0.39 is 0 Å². The van der Waals surface area contributed by atoms with Crippen molar-refractivity contribution in [3.8, 4) is 11.5 Å². The van der Waals surface area contributed by atoms with Crippen LogP contribution >= 0.6 is 0 Å². The molecule has 1 atom stereocenters. The van der Waals surface area contributed by atoms with Gasteiger partial charge in [0.25, 0.3) is 5.91 Å². The fourth-order valence-electron chi connectivity index (χ4n) is 2.40. The molecule has 5 heteroatoms. The zero-order valence-electron chi connectivity index (χ0n) is 12.4. The Morgan fingerprint density at radius 2 is 1.90 bits per heavy atom. The fraction of sp³-hybridized carbons (Fsp3) is 0.533. The number of methoxy groups -OCH3 is 2. The van der Waals surface area contributed by atoms with Crippen LogP contribution in [0, 0.1) is 6.92 Å². The van der Waals surface area contributed by atoms with Crippen molar-refractivity contribution in [1.29, 1.82) is 0 Å². The summed E-state index contributed by atoms with van der Waals surface area (Å²) in [6, 6.07) is 3.53. The second kappa shape index (κ2) is 6.13. The van der Waals surface area contributed by atoms with E-state index in [0.717, 1.165) is 5.56 Å². The number of rotatable bonds is 3. The van der Waals surface area contributed by atoms with Crippen molar-refractivity contribution in [3.63, 3.8) is 0 Å². The lowest BCUT2D eigenvalue weighted by Crippen LogP contribution is -2.44. The lowest BCUT2D eigenvalue weighted by atomic mass is 10.1. The number of hydrogen-bond donors (Lipinski definition) is 0. The molecule has 0 unspecified atom stereocenters. The molecule has 5 nitrogen and oxygen atoms in total. The molecule has 0 saturated carbocycles. The summed E-state index contributed by atoms with van der Waals surface area (Å²) in [5.74, 6) is 1.31. The van der Waals surface area contributed by atoms with Gasteiger partial charge in [-0.2, -0.15) is 0 Å². The molecule has 1 aliphatic heterocycles. The summed E-state index contributed by atoms with van der Waals surface area (Å²) in [6.45, 7) is 5.67. The smallest absolute Gasteiger partial charge is 0.254 e. The maximum absolute atomic E-state index is 12.6. The molecule has 110 valence electrons. The minimum absolute atomic E-state index is 0.0169. The van der Waals surface area contributed by atoms with E-state index in [2.05, 4.69) is 0 Å². The van der Waals surface area contributed by atoms with Gasteiger partial charge < -0.3 is 19.1 Å². The van der Waals surface area contributed by atoms with Crippen molar-refractivity contribution in [2.45, 2.75) is 20.0 Å². The first kappa shape index (κ1) is 14.7. The Labute approximate surface area is 119 Å². The second-order valence-corrected chi connectivity index (χ2v) is 4.94. The number of ether oxygens (including phenoxy) is 3. The molecule has 0 aromatic heterocycles. The van der Waals surface area contributed by atoms with E-state index in [1.807, 2.05) is 13.8 Å². The van der Waals surface area contributed by atoms with Gasteiger partial charge in [-0.3, -0.25) is 4.79 Å². The summed E-state index contributed by atoms with van der Waals surface area (Å²) in [6.07, 6.45) is 0.0712. The number of hydrogen-bond acceptors (Lipinski definition) is 4. The first-order valence-corrected chi connectivity index (χ1v) is 6.70. The third-order valence-electron chi connectivity index (χ3n) is 3.53. The van der Waals surface area contributed by atoms with Gasteiger partial charge >= 0.3 is 0 Å². The highest BCUT2D eigenvalue weighted by atomic mass is 16.5. The van der Waals surface area contributed by atoms with Crippen LogP contribution in [0.15, 0.2) is 12.1 Å². The number of amides is 1. The predicted molar refractivity (Wildman–Crippen MR) is 75.6 cm³/mol. The molecule has 1 heterocycles. The van der Waals surface area contributed by atoms with Crippen molar-refractivity contribution < 1.29 is 19.0 Å². The molecular weight excluding hydrogens is 258 g/mol. The van der Waals surface area contributed by atoms with Gasteiger partial charge in [0.15, 0.2) is 0 Å². The van der Waals surface area contributed by atoms with Gasteiger partial charge in [0.05, 0.1) is 26.9 Å². The minimum Gasteiger partial charge on any atom is -0.496 e. The highest BCUT2D eigenvalue weighted by Gasteiger charge is 2.24. The topological polar surface area (TPSA) is 48.0 Å². The van der Waals surface area contributed by atoms with Gasteiger partial charge in [-0.15, -0.1) is 0 Å². The van der Waals surface area contributed by atoms with Crippen LogP contribution in [0.25, 0.3) is 0 Å². The Hall–Kier alpha value is -1.75. The zero-order valence-corrected chi connectivity index (χ0v) is 12.4. The highest BCUT2D eigenvalue weighted by molar-refractivity contribution is 5.95. The molecule has 1 aliphatic rings. The summed E-state index contributed by atoms with van der Waals surface area (Å²) in [7, 11) is 3.18. The van der Waals surface area contributed by atoms with Crippen molar-refractivity contribution in [3.05, 3.63) is 23.3 Å². The molecular formula is C15H21NO4. The molecule has 20 heavy (non-hydrogen) atoms. The molecule has 1 fully saturated rings. The van der Waals surface area contributed by atoms with Gasteiger partial charge in [0.1, 0.15) is 11.5 Å². The fourth-order valence-corrected chi connectivity index (χ4v) is 2.40. The standard InChI is InChI=1S/C15H21NO4/c1-10-9-16(5-6-20-10)15(17)12-7-13(18-3)11(2)14(8-12)19-4/h7-8,10H,5-6,9H2,1-4H3/t10-/m1/s1. The third kappa shape index (κ3) is 2.88. The van der Waals surface area contributed by atoms with Gasteiger partial charge in [-0.1, -0.05) is 0 Å². The second-order valence-electron chi connectivity index (χ2n) is 4.94. The van der Waals surface area contributed by atoms with E-state index >= 15 is 0 Å². The largest absolute Gasteiger partial charge is 0.496 e. The highest BCUT2D eigenvalue weighted by Crippen LogP contribution is 2.30. The zero-order chi connectivity index (χ0) is 14.7. The average molecular weight is 279 g/mol. The number of carbonyl (C=O) groups excluding carboxylic acids is 1. The van der Waals surface area contributed by atoms with E-state index in [0.29, 0.717) is 36.8 Å². The maximum Gasteiger partial charge on any atom is 0.254 e. The predicted octanol–water partition coefficient (Wildman–Crippen LogP) is 1.87. The van der Waals surface area contributed by atoms with Crippen LogP contribution in [-0.2, 0) is 4.74 Å². The molecule has 2 rings (SSSR count).